The van der Waals surface area contributed by atoms with Gasteiger partial charge in [-0.1, -0.05) is 36.4 Å². The van der Waals surface area contributed by atoms with Gasteiger partial charge in [0.1, 0.15) is 0 Å². The monoisotopic (exact) mass is 469 g/mol. The Balaban J connectivity index is 1.54. The normalized spacial score (nSPS) is 15.5. The van der Waals surface area contributed by atoms with Gasteiger partial charge >= 0.3 is 6.03 Å². The molecule has 176 valence electrons. The zero-order valence-corrected chi connectivity index (χ0v) is 20.0. The van der Waals surface area contributed by atoms with Crippen molar-refractivity contribution in [2.75, 3.05) is 17.6 Å². The SMILES string of the molecule is CCN(C(C)=O)C(CS(=O)(=O)NC(=O)Nc1c2c(cc3c1CCC3)CCC2)c1ccccc1. The Morgan fingerprint density at radius 2 is 1.61 bits per heavy atom. The molecule has 2 N–H and O–H groups in total. The molecule has 0 radical (unpaired) electrons. The Kier molecular flexibility index (Phi) is 6.74. The van der Waals surface area contributed by atoms with Crippen LogP contribution in [0.5, 0.6) is 0 Å². The molecule has 0 saturated carbocycles. The van der Waals surface area contributed by atoms with Gasteiger partial charge in [0.05, 0.1) is 11.8 Å². The second-order valence-corrected chi connectivity index (χ2v) is 10.6. The number of nitrogens with zero attached hydrogens (tertiary/aromatic N) is 1. The van der Waals surface area contributed by atoms with Crippen LogP contribution >= 0.6 is 0 Å². The highest BCUT2D eigenvalue weighted by Crippen LogP contribution is 2.38. The Labute approximate surface area is 195 Å². The van der Waals surface area contributed by atoms with Crippen molar-refractivity contribution in [1.29, 1.82) is 0 Å². The van der Waals surface area contributed by atoms with Crippen LogP contribution in [0.25, 0.3) is 0 Å². The lowest BCUT2D eigenvalue weighted by Crippen LogP contribution is -2.42. The molecule has 2 aliphatic carbocycles. The number of amides is 3. The minimum absolute atomic E-state index is 0.221. The molecule has 0 bridgehead atoms. The van der Waals surface area contributed by atoms with E-state index in [-0.39, 0.29) is 5.91 Å². The highest BCUT2D eigenvalue weighted by Gasteiger charge is 2.30. The summed E-state index contributed by atoms with van der Waals surface area (Å²) in [5.74, 6) is -0.621. The third kappa shape index (κ3) is 5.05. The lowest BCUT2D eigenvalue weighted by molar-refractivity contribution is -0.130. The molecular formula is C25H31N3O4S. The Hall–Kier alpha value is -2.87. The van der Waals surface area contributed by atoms with Crippen molar-refractivity contribution in [1.82, 2.24) is 9.62 Å². The average Bonchev–Trinajstić information content (AvgIpc) is 3.42. The smallest absolute Gasteiger partial charge is 0.332 e. The number of anilines is 1. The van der Waals surface area contributed by atoms with Gasteiger partial charge in [-0.2, -0.15) is 0 Å². The van der Waals surface area contributed by atoms with Crippen LogP contribution in [0.3, 0.4) is 0 Å². The topological polar surface area (TPSA) is 95.6 Å². The van der Waals surface area contributed by atoms with Crippen LogP contribution in [-0.4, -0.2) is 37.6 Å². The first-order valence-corrected chi connectivity index (χ1v) is 13.2. The summed E-state index contributed by atoms with van der Waals surface area (Å²) in [4.78, 5) is 26.5. The van der Waals surface area contributed by atoms with E-state index in [9.17, 15) is 18.0 Å². The summed E-state index contributed by atoms with van der Waals surface area (Å²) < 4.78 is 28.2. The summed E-state index contributed by atoms with van der Waals surface area (Å²) in [5, 5.41) is 2.87. The van der Waals surface area contributed by atoms with Crippen LogP contribution < -0.4 is 10.0 Å². The second kappa shape index (κ2) is 9.55. The standard InChI is InChI=1S/C25H31N3O4S/c1-3-28(17(2)29)23(18-9-5-4-6-10-18)16-33(31,32)27-25(30)26-24-21-13-7-11-19(21)15-20-12-8-14-22(20)24/h4-6,9-10,15,23H,3,7-8,11-14,16H2,1-2H3,(H2,26,27,30). The number of rotatable bonds is 7. The molecule has 0 heterocycles. The van der Waals surface area contributed by atoms with E-state index in [2.05, 4.69) is 16.1 Å². The van der Waals surface area contributed by atoms with Crippen molar-refractivity contribution in [2.45, 2.75) is 58.4 Å². The summed E-state index contributed by atoms with van der Waals surface area (Å²) in [5.41, 5.74) is 6.30. The number of urea groups is 1. The first-order chi connectivity index (χ1) is 15.8. The van der Waals surface area contributed by atoms with Gasteiger partial charge in [-0.05, 0) is 73.3 Å². The summed E-state index contributed by atoms with van der Waals surface area (Å²) in [6, 6.07) is 9.85. The molecule has 33 heavy (non-hydrogen) atoms. The zero-order valence-electron chi connectivity index (χ0n) is 19.2. The zero-order chi connectivity index (χ0) is 23.6. The fraction of sp³-hybridized carbons (Fsp3) is 0.440. The van der Waals surface area contributed by atoms with Crippen molar-refractivity contribution in [3.63, 3.8) is 0 Å². The first-order valence-electron chi connectivity index (χ1n) is 11.6. The van der Waals surface area contributed by atoms with E-state index in [0.29, 0.717) is 12.1 Å². The minimum Gasteiger partial charge on any atom is -0.335 e. The Morgan fingerprint density at radius 3 is 2.15 bits per heavy atom. The average molecular weight is 470 g/mol. The summed E-state index contributed by atoms with van der Waals surface area (Å²) in [6.07, 6.45) is 5.87. The Morgan fingerprint density at radius 1 is 1.00 bits per heavy atom. The molecule has 7 nitrogen and oxygen atoms in total. The van der Waals surface area contributed by atoms with Gasteiger partial charge in [-0.15, -0.1) is 0 Å². The molecule has 2 aromatic carbocycles. The summed E-state index contributed by atoms with van der Waals surface area (Å²) in [6.45, 7) is 3.59. The third-order valence-corrected chi connectivity index (χ3v) is 7.89. The van der Waals surface area contributed by atoms with E-state index in [0.717, 1.165) is 55.3 Å². The molecule has 0 fully saturated rings. The third-order valence-electron chi connectivity index (χ3n) is 6.64. The number of benzene rings is 2. The van der Waals surface area contributed by atoms with E-state index in [1.165, 1.54) is 23.0 Å². The van der Waals surface area contributed by atoms with Crippen LogP contribution in [0.15, 0.2) is 36.4 Å². The van der Waals surface area contributed by atoms with Crippen LogP contribution in [0.1, 0.15) is 60.5 Å². The fourth-order valence-corrected chi connectivity index (χ4v) is 6.41. The lowest BCUT2D eigenvalue weighted by atomic mass is 9.99. The number of hydrogen-bond acceptors (Lipinski definition) is 4. The number of aryl methyl sites for hydroxylation is 2. The van der Waals surface area contributed by atoms with Crippen LogP contribution in [0.4, 0.5) is 10.5 Å². The molecular weight excluding hydrogens is 438 g/mol. The van der Waals surface area contributed by atoms with E-state index >= 15 is 0 Å². The maximum absolute atomic E-state index is 13.0. The maximum Gasteiger partial charge on any atom is 0.332 e. The number of nitrogens with one attached hydrogen (secondary N) is 2. The number of sulfonamides is 1. The molecule has 1 unspecified atom stereocenters. The molecule has 2 aliphatic rings. The summed E-state index contributed by atoms with van der Waals surface area (Å²) in [7, 11) is -4.02. The molecule has 0 spiro atoms. The van der Waals surface area contributed by atoms with Crippen molar-refractivity contribution >= 4 is 27.6 Å². The van der Waals surface area contributed by atoms with Crippen molar-refractivity contribution in [3.05, 3.63) is 64.2 Å². The van der Waals surface area contributed by atoms with E-state index < -0.39 is 27.8 Å². The molecule has 4 rings (SSSR count). The van der Waals surface area contributed by atoms with Crippen molar-refractivity contribution in [3.8, 4) is 0 Å². The Bertz CT molecular complexity index is 1130. The van der Waals surface area contributed by atoms with Gasteiger partial charge < -0.3 is 10.2 Å². The highest BCUT2D eigenvalue weighted by atomic mass is 32.2. The maximum atomic E-state index is 13.0. The van der Waals surface area contributed by atoms with Crippen molar-refractivity contribution in [2.24, 2.45) is 0 Å². The van der Waals surface area contributed by atoms with Crippen LogP contribution in [0.2, 0.25) is 0 Å². The van der Waals surface area contributed by atoms with E-state index in [4.69, 9.17) is 0 Å². The number of fused-ring (bicyclic) bond motifs is 2. The molecule has 2 aromatic rings. The summed E-state index contributed by atoms with van der Waals surface area (Å²) >= 11 is 0. The van der Waals surface area contributed by atoms with E-state index in [1.807, 2.05) is 6.07 Å². The lowest BCUT2D eigenvalue weighted by Gasteiger charge is -2.30. The number of carbonyl (C=O) groups excluding carboxylic acids is 2. The second-order valence-electron chi connectivity index (χ2n) is 8.80. The molecule has 1 atom stereocenters. The number of carbonyl (C=O) groups is 2. The highest BCUT2D eigenvalue weighted by molar-refractivity contribution is 7.90. The van der Waals surface area contributed by atoms with Crippen LogP contribution in [-0.2, 0) is 40.5 Å². The minimum atomic E-state index is -4.02. The van der Waals surface area contributed by atoms with Gasteiger partial charge in [-0.3, -0.25) is 4.79 Å². The van der Waals surface area contributed by atoms with Gasteiger partial charge in [0.15, 0.2) is 0 Å². The fourth-order valence-electron chi connectivity index (χ4n) is 5.20. The molecule has 3 amide bonds. The van der Waals surface area contributed by atoms with E-state index in [1.54, 1.807) is 31.2 Å². The van der Waals surface area contributed by atoms with Gasteiger partial charge in [0.25, 0.3) is 0 Å². The van der Waals surface area contributed by atoms with Gasteiger partial charge in [0, 0.05) is 19.2 Å². The first kappa shape index (κ1) is 23.3. The number of hydrogen-bond donors (Lipinski definition) is 2. The molecule has 0 saturated heterocycles. The molecule has 8 heteroatoms. The van der Waals surface area contributed by atoms with Gasteiger partial charge in [0.2, 0.25) is 15.9 Å². The predicted octanol–water partition coefficient (Wildman–Crippen LogP) is 3.73. The van der Waals surface area contributed by atoms with Crippen LogP contribution in [0, 0.1) is 0 Å². The largest absolute Gasteiger partial charge is 0.335 e. The quantitative estimate of drug-likeness (QED) is 0.646. The molecule has 0 aromatic heterocycles. The van der Waals surface area contributed by atoms with Crippen molar-refractivity contribution < 1.29 is 18.0 Å². The predicted molar refractivity (Wildman–Crippen MR) is 129 cm³/mol. The molecule has 0 aliphatic heterocycles. The van der Waals surface area contributed by atoms with Gasteiger partial charge in [-0.25, -0.2) is 17.9 Å².